The Morgan fingerprint density at radius 2 is 2.05 bits per heavy atom. The van der Waals surface area contributed by atoms with E-state index in [2.05, 4.69) is 4.98 Å². The van der Waals surface area contributed by atoms with E-state index >= 15 is 0 Å². The van der Waals surface area contributed by atoms with Gasteiger partial charge in [0.2, 0.25) is 0 Å². The van der Waals surface area contributed by atoms with E-state index in [0.29, 0.717) is 12.1 Å². The van der Waals surface area contributed by atoms with Crippen LogP contribution in [-0.4, -0.2) is 9.55 Å². The van der Waals surface area contributed by atoms with Crippen molar-refractivity contribution in [2.24, 2.45) is 5.73 Å². The third-order valence-electron chi connectivity index (χ3n) is 3.63. The molecule has 0 bridgehead atoms. The molecular weight excluding hydrogens is 267 g/mol. The third kappa shape index (κ3) is 2.00. The summed E-state index contributed by atoms with van der Waals surface area (Å²) in [5, 5.41) is 0. The van der Waals surface area contributed by atoms with E-state index in [1.807, 2.05) is 6.92 Å². The fraction of sp³-hybridized carbons (Fsp3) is 0.357. The van der Waals surface area contributed by atoms with Gasteiger partial charge in [-0.1, -0.05) is 6.07 Å². The molecule has 0 saturated heterocycles. The summed E-state index contributed by atoms with van der Waals surface area (Å²) in [6, 6.07) is 3.64. The monoisotopic (exact) mass is 281 g/mol. The van der Waals surface area contributed by atoms with Gasteiger partial charge in [-0.15, -0.1) is 0 Å². The van der Waals surface area contributed by atoms with Crippen molar-refractivity contribution in [1.82, 2.24) is 9.55 Å². The van der Waals surface area contributed by atoms with E-state index in [9.17, 15) is 13.2 Å². The van der Waals surface area contributed by atoms with E-state index in [-0.39, 0.29) is 6.04 Å². The summed E-state index contributed by atoms with van der Waals surface area (Å²) in [6.45, 7) is 1.82. The van der Waals surface area contributed by atoms with Gasteiger partial charge in [0.15, 0.2) is 0 Å². The first-order chi connectivity index (χ1) is 9.38. The van der Waals surface area contributed by atoms with E-state index < -0.39 is 11.7 Å². The van der Waals surface area contributed by atoms with Crippen molar-refractivity contribution in [1.29, 1.82) is 0 Å². The molecule has 3 rings (SSSR count). The lowest BCUT2D eigenvalue weighted by Crippen LogP contribution is -2.16. The highest BCUT2D eigenvalue weighted by atomic mass is 19.4. The average Bonchev–Trinajstić information content (AvgIpc) is 2.81. The molecule has 2 heterocycles. The Bertz CT molecular complexity index is 656. The number of aromatic nitrogens is 2. The third-order valence-corrected chi connectivity index (χ3v) is 3.63. The number of alkyl halides is 3. The number of imidazole rings is 1. The summed E-state index contributed by atoms with van der Waals surface area (Å²) in [5.74, 6) is 0. The Kier molecular flexibility index (Phi) is 2.86. The molecule has 1 aromatic heterocycles. The van der Waals surface area contributed by atoms with Crippen LogP contribution in [0.1, 0.15) is 35.5 Å². The molecule has 1 aromatic carbocycles. The lowest BCUT2D eigenvalue weighted by atomic mass is 9.97. The van der Waals surface area contributed by atoms with E-state index in [1.165, 1.54) is 6.07 Å². The molecule has 3 nitrogen and oxygen atoms in total. The molecule has 6 heteroatoms. The summed E-state index contributed by atoms with van der Waals surface area (Å²) >= 11 is 0. The van der Waals surface area contributed by atoms with Gasteiger partial charge in [0.1, 0.15) is 0 Å². The van der Waals surface area contributed by atoms with Gasteiger partial charge in [-0.2, -0.15) is 13.2 Å². The van der Waals surface area contributed by atoms with E-state index in [1.54, 1.807) is 17.0 Å². The summed E-state index contributed by atoms with van der Waals surface area (Å²) in [7, 11) is 0. The molecule has 1 aliphatic rings. The largest absolute Gasteiger partial charge is 0.416 e. The van der Waals surface area contributed by atoms with Gasteiger partial charge >= 0.3 is 6.18 Å². The van der Waals surface area contributed by atoms with Gasteiger partial charge in [0, 0.05) is 11.7 Å². The topological polar surface area (TPSA) is 43.8 Å². The summed E-state index contributed by atoms with van der Waals surface area (Å²) in [6.07, 6.45) is -1.32. The van der Waals surface area contributed by atoms with Crippen LogP contribution in [0.4, 0.5) is 13.2 Å². The van der Waals surface area contributed by atoms with Crippen LogP contribution < -0.4 is 5.73 Å². The molecular formula is C14H14F3N3. The molecule has 0 aliphatic carbocycles. The molecule has 0 saturated carbocycles. The number of halogens is 3. The number of nitrogens with zero attached hydrogens (tertiary/aromatic N) is 2. The van der Waals surface area contributed by atoms with Crippen LogP contribution in [0.25, 0.3) is 5.69 Å². The number of rotatable bonds is 1. The highest BCUT2D eigenvalue weighted by Crippen LogP contribution is 2.34. The zero-order chi connectivity index (χ0) is 14.5. The number of hydrogen-bond donors (Lipinski definition) is 1. The molecule has 2 N–H and O–H groups in total. The van der Waals surface area contributed by atoms with Gasteiger partial charge in [0.25, 0.3) is 0 Å². The van der Waals surface area contributed by atoms with Crippen molar-refractivity contribution in [3.05, 3.63) is 47.0 Å². The van der Waals surface area contributed by atoms with Crippen molar-refractivity contribution in [2.75, 3.05) is 0 Å². The SMILES string of the molecule is C[C@H](N)c1ncn2c1CCc1ccc(C(F)(F)F)cc1-2. The molecule has 1 aliphatic heterocycles. The molecule has 0 fully saturated rings. The normalized spacial score (nSPS) is 15.7. The van der Waals surface area contributed by atoms with Crippen molar-refractivity contribution in [3.63, 3.8) is 0 Å². The fourth-order valence-corrected chi connectivity index (χ4v) is 2.65. The first kappa shape index (κ1) is 13.2. The first-order valence-corrected chi connectivity index (χ1v) is 6.40. The van der Waals surface area contributed by atoms with Gasteiger partial charge in [0.05, 0.1) is 23.3 Å². The first-order valence-electron chi connectivity index (χ1n) is 6.40. The van der Waals surface area contributed by atoms with Gasteiger partial charge in [-0.3, -0.25) is 0 Å². The molecule has 1 atom stereocenters. The predicted octanol–water partition coefficient (Wildman–Crippen LogP) is 3.01. The summed E-state index contributed by atoms with van der Waals surface area (Å²) in [5.41, 5.74) is 8.33. The zero-order valence-electron chi connectivity index (χ0n) is 10.9. The van der Waals surface area contributed by atoms with Gasteiger partial charge < -0.3 is 10.3 Å². The van der Waals surface area contributed by atoms with Crippen molar-refractivity contribution >= 4 is 0 Å². The Morgan fingerprint density at radius 3 is 2.70 bits per heavy atom. The quantitative estimate of drug-likeness (QED) is 0.873. The molecule has 20 heavy (non-hydrogen) atoms. The molecule has 0 unspecified atom stereocenters. The maximum absolute atomic E-state index is 12.8. The Hall–Kier alpha value is -1.82. The second-order valence-corrected chi connectivity index (χ2v) is 5.08. The van der Waals surface area contributed by atoms with E-state index in [0.717, 1.165) is 29.4 Å². The maximum Gasteiger partial charge on any atom is 0.416 e. The summed E-state index contributed by atoms with van der Waals surface area (Å²) < 4.78 is 40.2. The molecule has 2 aromatic rings. The van der Waals surface area contributed by atoms with Gasteiger partial charge in [-0.05, 0) is 37.5 Å². The number of benzene rings is 1. The van der Waals surface area contributed by atoms with Crippen molar-refractivity contribution in [2.45, 2.75) is 32.0 Å². The second-order valence-electron chi connectivity index (χ2n) is 5.08. The smallest absolute Gasteiger partial charge is 0.323 e. The molecule has 106 valence electrons. The molecule has 0 amide bonds. The minimum Gasteiger partial charge on any atom is -0.323 e. The average molecular weight is 281 g/mol. The summed E-state index contributed by atoms with van der Waals surface area (Å²) in [4.78, 5) is 4.24. The lowest BCUT2D eigenvalue weighted by molar-refractivity contribution is -0.137. The molecule has 0 spiro atoms. The van der Waals surface area contributed by atoms with E-state index in [4.69, 9.17) is 5.73 Å². The predicted molar refractivity (Wildman–Crippen MR) is 68.6 cm³/mol. The fourth-order valence-electron chi connectivity index (χ4n) is 2.65. The van der Waals surface area contributed by atoms with Crippen LogP contribution in [-0.2, 0) is 19.0 Å². The maximum atomic E-state index is 12.8. The zero-order valence-corrected chi connectivity index (χ0v) is 10.9. The number of fused-ring (bicyclic) bond motifs is 3. The Labute approximate surface area is 114 Å². The number of aryl methyl sites for hydroxylation is 1. The van der Waals surface area contributed by atoms with Crippen LogP contribution in [0.15, 0.2) is 24.5 Å². The highest BCUT2D eigenvalue weighted by Gasteiger charge is 2.32. The number of nitrogens with two attached hydrogens (primary N) is 1. The van der Waals surface area contributed by atoms with Crippen molar-refractivity contribution in [3.8, 4) is 5.69 Å². The van der Waals surface area contributed by atoms with Crippen LogP contribution in [0.2, 0.25) is 0 Å². The lowest BCUT2D eigenvalue weighted by Gasteiger charge is -2.21. The van der Waals surface area contributed by atoms with Crippen LogP contribution in [0.3, 0.4) is 0 Å². The Morgan fingerprint density at radius 1 is 1.30 bits per heavy atom. The van der Waals surface area contributed by atoms with Crippen molar-refractivity contribution < 1.29 is 13.2 Å². The Balaban J connectivity index is 2.15. The van der Waals surface area contributed by atoms with Crippen LogP contribution in [0.5, 0.6) is 0 Å². The van der Waals surface area contributed by atoms with Crippen LogP contribution in [0, 0.1) is 0 Å². The standard InChI is InChI=1S/C14H14F3N3/c1-8(18)13-11-5-3-9-2-4-10(14(15,16)17)6-12(9)20(11)7-19-13/h2,4,6-8H,3,5,18H2,1H3/t8-/m0/s1. The van der Waals surface area contributed by atoms with Crippen LogP contribution >= 0.6 is 0 Å². The highest BCUT2D eigenvalue weighted by molar-refractivity contribution is 5.49. The molecule has 0 radical (unpaired) electrons. The second kappa shape index (κ2) is 4.34. The van der Waals surface area contributed by atoms with Gasteiger partial charge in [-0.25, -0.2) is 4.98 Å². The minimum atomic E-state index is -4.34. The minimum absolute atomic E-state index is 0.224. The number of hydrogen-bond acceptors (Lipinski definition) is 2.